The van der Waals surface area contributed by atoms with Gasteiger partial charge < -0.3 is 20.1 Å². The summed E-state index contributed by atoms with van der Waals surface area (Å²) in [5, 5.41) is 5.23. The fraction of sp³-hybridized carbons (Fsp3) is 0.211. The molecule has 0 heterocycles. The van der Waals surface area contributed by atoms with Gasteiger partial charge in [-0.3, -0.25) is 9.59 Å². The molecule has 0 radical (unpaired) electrons. The number of carbonyl (C=O) groups excluding carboxylic acids is 3. The maximum atomic E-state index is 11.9. The molecule has 2 unspecified atom stereocenters. The van der Waals surface area contributed by atoms with Crippen LogP contribution < -0.4 is 10.6 Å². The van der Waals surface area contributed by atoms with E-state index in [1.807, 2.05) is 0 Å². The van der Waals surface area contributed by atoms with E-state index < -0.39 is 17.3 Å². The third-order valence-corrected chi connectivity index (χ3v) is 4.07. The molecule has 9 heteroatoms. The summed E-state index contributed by atoms with van der Waals surface area (Å²) in [6.45, 7) is 2.79. The number of rotatable bonds is 6. The van der Waals surface area contributed by atoms with Gasteiger partial charge in [0.15, 0.2) is 0 Å². The van der Waals surface area contributed by atoms with Crippen LogP contribution >= 0.6 is 23.2 Å². The minimum absolute atomic E-state index is 0.201. The highest BCUT2D eigenvalue weighted by Gasteiger charge is 2.19. The van der Waals surface area contributed by atoms with Gasteiger partial charge in [-0.15, -0.1) is 0 Å². The lowest BCUT2D eigenvalue weighted by atomic mass is 10.2. The Balaban J connectivity index is 1.89. The van der Waals surface area contributed by atoms with Crippen molar-refractivity contribution in [3.63, 3.8) is 0 Å². The van der Waals surface area contributed by atoms with Crippen molar-refractivity contribution in [3.8, 4) is 0 Å². The van der Waals surface area contributed by atoms with Crippen LogP contribution in [0.4, 0.5) is 16.2 Å². The van der Waals surface area contributed by atoms with Crippen LogP contribution in [0.25, 0.3) is 0 Å². The van der Waals surface area contributed by atoms with E-state index in [9.17, 15) is 14.4 Å². The van der Waals surface area contributed by atoms with Gasteiger partial charge >= 0.3 is 6.16 Å². The molecule has 28 heavy (non-hydrogen) atoms. The van der Waals surface area contributed by atoms with Crippen LogP contribution in [-0.2, 0) is 19.1 Å². The molecule has 0 aliphatic heterocycles. The van der Waals surface area contributed by atoms with E-state index in [0.29, 0.717) is 22.5 Å². The van der Waals surface area contributed by atoms with E-state index in [4.69, 9.17) is 32.7 Å². The average molecular weight is 425 g/mol. The average Bonchev–Trinajstić information content (AvgIpc) is 2.61. The van der Waals surface area contributed by atoms with Crippen LogP contribution in [0.3, 0.4) is 0 Å². The van der Waals surface area contributed by atoms with Gasteiger partial charge in [0.05, 0.1) is 0 Å². The number of ether oxygens (including phenoxy) is 2. The second-order valence-corrected chi connectivity index (χ2v) is 6.52. The zero-order valence-corrected chi connectivity index (χ0v) is 16.6. The number of anilines is 2. The molecule has 2 amide bonds. The van der Waals surface area contributed by atoms with E-state index in [1.54, 1.807) is 48.5 Å². The predicted octanol–water partition coefficient (Wildman–Crippen LogP) is 4.93. The number of nitrogens with one attached hydrogen (secondary N) is 2. The summed E-state index contributed by atoms with van der Waals surface area (Å²) in [7, 11) is 0. The first-order valence-corrected chi connectivity index (χ1v) is 9.02. The van der Waals surface area contributed by atoms with Crippen molar-refractivity contribution in [2.24, 2.45) is 0 Å². The number of amides is 2. The molecule has 2 atom stereocenters. The summed E-state index contributed by atoms with van der Waals surface area (Å²) in [5.74, 6) is -0.401. The lowest BCUT2D eigenvalue weighted by molar-refractivity contribution is -0.115. The van der Waals surface area contributed by atoms with E-state index in [-0.39, 0.29) is 11.8 Å². The number of hydrogen-bond acceptors (Lipinski definition) is 5. The highest BCUT2D eigenvalue weighted by molar-refractivity contribution is 6.21. The SMILES string of the molecule is CC(=O)Nc1ccc(C(Cl)OC(=O)OC(Cl)c2ccc(NC(C)=O)cc2)cc1. The summed E-state index contributed by atoms with van der Waals surface area (Å²) in [6, 6.07) is 12.9. The zero-order chi connectivity index (χ0) is 20.7. The van der Waals surface area contributed by atoms with E-state index in [0.717, 1.165) is 0 Å². The Morgan fingerprint density at radius 2 is 1.04 bits per heavy atom. The third-order valence-electron chi connectivity index (χ3n) is 3.39. The zero-order valence-electron chi connectivity index (χ0n) is 15.1. The van der Waals surface area contributed by atoms with Crippen molar-refractivity contribution in [3.05, 3.63) is 59.7 Å². The maximum absolute atomic E-state index is 11.9. The van der Waals surface area contributed by atoms with Crippen molar-refractivity contribution in [1.29, 1.82) is 0 Å². The monoisotopic (exact) mass is 424 g/mol. The molecule has 2 aromatic carbocycles. The maximum Gasteiger partial charge on any atom is 0.511 e. The molecule has 0 spiro atoms. The number of carbonyl (C=O) groups is 3. The van der Waals surface area contributed by atoms with Crippen LogP contribution in [0.1, 0.15) is 36.1 Å². The normalized spacial score (nSPS) is 12.4. The minimum atomic E-state index is -1.09. The molecule has 0 bridgehead atoms. The highest BCUT2D eigenvalue weighted by atomic mass is 35.5. The van der Waals surface area contributed by atoms with Crippen LogP contribution in [0.5, 0.6) is 0 Å². The summed E-state index contributed by atoms with van der Waals surface area (Å²) < 4.78 is 10.0. The summed E-state index contributed by atoms with van der Waals surface area (Å²) in [5.41, 5.74) is -0.00997. The lowest BCUT2D eigenvalue weighted by Gasteiger charge is -2.15. The van der Waals surface area contributed by atoms with Crippen molar-refractivity contribution in [2.75, 3.05) is 10.6 Å². The predicted molar refractivity (Wildman–Crippen MR) is 106 cm³/mol. The molecular weight excluding hydrogens is 407 g/mol. The molecule has 148 valence electrons. The van der Waals surface area contributed by atoms with Gasteiger partial charge in [-0.1, -0.05) is 47.5 Å². The molecule has 2 rings (SSSR count). The Bertz CT molecular complexity index is 771. The van der Waals surface area contributed by atoms with Gasteiger partial charge in [-0.25, -0.2) is 4.79 Å². The molecule has 0 aliphatic carbocycles. The largest absolute Gasteiger partial charge is 0.511 e. The first-order valence-electron chi connectivity index (χ1n) is 8.15. The first-order chi connectivity index (χ1) is 13.2. The summed E-state index contributed by atoms with van der Waals surface area (Å²) in [4.78, 5) is 33.9. The van der Waals surface area contributed by atoms with Crippen molar-refractivity contribution >= 4 is 52.5 Å². The molecule has 0 fully saturated rings. The summed E-state index contributed by atoms with van der Waals surface area (Å²) in [6.07, 6.45) is -1.04. The van der Waals surface area contributed by atoms with E-state index >= 15 is 0 Å². The quantitative estimate of drug-likeness (QED) is 0.506. The topological polar surface area (TPSA) is 93.7 Å². The van der Waals surface area contributed by atoms with Gasteiger partial charge in [0.25, 0.3) is 0 Å². The molecule has 0 saturated heterocycles. The molecule has 2 N–H and O–H groups in total. The van der Waals surface area contributed by atoms with E-state index in [1.165, 1.54) is 13.8 Å². The Labute approximate surface area is 171 Å². The Hall–Kier alpha value is -2.77. The fourth-order valence-electron chi connectivity index (χ4n) is 2.17. The van der Waals surface area contributed by atoms with Gasteiger partial charge in [0.1, 0.15) is 0 Å². The van der Waals surface area contributed by atoms with Crippen molar-refractivity contribution in [1.82, 2.24) is 0 Å². The summed E-state index contributed by atoms with van der Waals surface area (Å²) >= 11 is 12.1. The minimum Gasteiger partial charge on any atom is -0.410 e. The molecule has 2 aromatic rings. The molecule has 0 aromatic heterocycles. The number of alkyl halides is 2. The highest BCUT2D eigenvalue weighted by Crippen LogP contribution is 2.28. The second kappa shape index (κ2) is 9.96. The number of hydrogen-bond donors (Lipinski definition) is 2. The molecular formula is C19H18Cl2N2O5. The fourth-order valence-corrected chi connectivity index (χ4v) is 2.61. The van der Waals surface area contributed by atoms with Gasteiger partial charge in [-0.05, 0) is 24.3 Å². The Morgan fingerprint density at radius 1 is 0.714 bits per heavy atom. The third kappa shape index (κ3) is 6.75. The Kier molecular flexibility index (Phi) is 7.66. The lowest BCUT2D eigenvalue weighted by Crippen LogP contribution is -2.12. The van der Waals surface area contributed by atoms with Crippen molar-refractivity contribution < 1.29 is 23.9 Å². The van der Waals surface area contributed by atoms with Crippen LogP contribution in [0, 0.1) is 0 Å². The van der Waals surface area contributed by atoms with Crippen molar-refractivity contribution in [2.45, 2.75) is 25.0 Å². The van der Waals surface area contributed by atoms with Crippen LogP contribution in [-0.4, -0.2) is 18.0 Å². The van der Waals surface area contributed by atoms with Gasteiger partial charge in [0, 0.05) is 36.3 Å². The smallest absolute Gasteiger partial charge is 0.410 e. The van der Waals surface area contributed by atoms with Crippen LogP contribution in [0.15, 0.2) is 48.5 Å². The van der Waals surface area contributed by atoms with Crippen LogP contribution in [0.2, 0.25) is 0 Å². The Morgan fingerprint density at radius 3 is 1.32 bits per heavy atom. The standard InChI is InChI=1S/C19H18Cl2N2O5/c1-11(24)22-15-7-3-13(4-8-15)17(20)27-19(26)28-18(21)14-5-9-16(10-6-14)23-12(2)25/h3-10,17-18H,1-2H3,(H,22,24)(H,23,25). The van der Waals surface area contributed by atoms with Gasteiger partial charge in [0.2, 0.25) is 22.9 Å². The van der Waals surface area contributed by atoms with Gasteiger partial charge in [-0.2, -0.15) is 0 Å². The first kappa shape index (κ1) is 21.5. The molecule has 0 saturated carbocycles. The number of benzene rings is 2. The molecule has 0 aliphatic rings. The van der Waals surface area contributed by atoms with E-state index in [2.05, 4.69) is 10.6 Å². The molecule has 7 nitrogen and oxygen atoms in total. The number of halogens is 2. The second-order valence-electron chi connectivity index (χ2n) is 5.72.